The van der Waals surface area contributed by atoms with Gasteiger partial charge >= 0.3 is 0 Å². The highest BCUT2D eigenvalue weighted by Crippen LogP contribution is 2.26. The summed E-state index contributed by atoms with van der Waals surface area (Å²) in [6.07, 6.45) is 0. The first-order chi connectivity index (χ1) is 11.7. The van der Waals surface area contributed by atoms with Crippen molar-refractivity contribution in [3.05, 3.63) is 64.0 Å². The number of benzene rings is 2. The Morgan fingerprint density at radius 3 is 2.52 bits per heavy atom. The van der Waals surface area contributed by atoms with Gasteiger partial charge in [0.15, 0.2) is 11.6 Å². The van der Waals surface area contributed by atoms with Crippen molar-refractivity contribution in [3.63, 3.8) is 0 Å². The third-order valence-corrected chi connectivity index (χ3v) is 5.64. The van der Waals surface area contributed by atoms with Crippen LogP contribution in [0.4, 0.5) is 10.1 Å². The summed E-state index contributed by atoms with van der Waals surface area (Å²) < 4.78 is 44.9. The Balaban J connectivity index is 2.13. The number of likely N-dealkylation sites (N-methyl/N-ethyl adjacent to an activating group) is 1. The number of nitro benzene ring substituents is 1. The molecular weight excluding hydrogens is 351 g/mol. The van der Waals surface area contributed by atoms with Crippen LogP contribution in [-0.2, 0) is 10.0 Å². The molecule has 0 aliphatic rings. The molecule has 0 heterocycles. The lowest BCUT2D eigenvalue weighted by Gasteiger charge is -2.18. The Kier molecular flexibility index (Phi) is 5.70. The molecule has 0 fully saturated rings. The van der Waals surface area contributed by atoms with E-state index >= 15 is 0 Å². The molecule has 0 amide bonds. The molecule has 0 saturated heterocycles. The summed E-state index contributed by atoms with van der Waals surface area (Å²) >= 11 is 0. The van der Waals surface area contributed by atoms with Gasteiger partial charge in [-0.1, -0.05) is 18.2 Å². The fourth-order valence-corrected chi connectivity index (χ4v) is 3.61. The first-order valence-electron chi connectivity index (χ1n) is 7.33. The van der Waals surface area contributed by atoms with Crippen LogP contribution in [0.5, 0.6) is 5.75 Å². The summed E-state index contributed by atoms with van der Waals surface area (Å²) in [4.78, 5) is 10.2. The third-order valence-electron chi connectivity index (χ3n) is 3.64. The van der Waals surface area contributed by atoms with E-state index in [1.54, 1.807) is 6.07 Å². The predicted molar refractivity (Wildman–Crippen MR) is 89.5 cm³/mol. The van der Waals surface area contributed by atoms with Crippen molar-refractivity contribution in [2.45, 2.75) is 11.8 Å². The molecule has 9 heteroatoms. The summed E-state index contributed by atoms with van der Waals surface area (Å²) in [6, 6.07) is 9.68. The molecule has 7 nitrogen and oxygen atoms in total. The molecule has 0 saturated carbocycles. The van der Waals surface area contributed by atoms with Gasteiger partial charge in [-0.15, -0.1) is 0 Å². The molecule has 0 aromatic heterocycles. The van der Waals surface area contributed by atoms with Gasteiger partial charge in [-0.05, 0) is 25.1 Å². The largest absolute Gasteiger partial charge is 0.489 e. The van der Waals surface area contributed by atoms with Gasteiger partial charge < -0.3 is 4.74 Å². The van der Waals surface area contributed by atoms with Gasteiger partial charge in [-0.25, -0.2) is 12.8 Å². The first kappa shape index (κ1) is 18.8. The number of sulfonamides is 1. The van der Waals surface area contributed by atoms with Crippen molar-refractivity contribution in [1.29, 1.82) is 0 Å². The molecule has 0 bridgehead atoms. The third kappa shape index (κ3) is 4.12. The highest BCUT2D eigenvalue weighted by Gasteiger charge is 2.26. The standard InChI is InChI=1S/C16H17FN2O5S/c1-12-14(19(20)21)7-5-9-16(12)25(22,23)18(2)10-11-24-15-8-4-3-6-13(15)17/h3-9H,10-11H2,1-2H3. The minimum atomic E-state index is -3.94. The van der Waals surface area contributed by atoms with Crippen molar-refractivity contribution in [1.82, 2.24) is 4.31 Å². The van der Waals surface area contributed by atoms with E-state index in [-0.39, 0.29) is 35.0 Å². The van der Waals surface area contributed by atoms with Crippen molar-refractivity contribution < 1.29 is 22.5 Å². The Hall–Kier alpha value is -2.52. The van der Waals surface area contributed by atoms with Crippen molar-refractivity contribution in [2.75, 3.05) is 20.2 Å². The number of nitrogens with zero attached hydrogens (tertiary/aromatic N) is 2. The average molecular weight is 368 g/mol. The summed E-state index contributed by atoms with van der Waals surface area (Å²) in [5.41, 5.74) is -0.202. The number of para-hydroxylation sites is 1. The van der Waals surface area contributed by atoms with Gasteiger partial charge in [0, 0.05) is 25.2 Å². The molecule has 0 atom stereocenters. The van der Waals surface area contributed by atoms with Crippen LogP contribution in [0.25, 0.3) is 0 Å². The van der Waals surface area contributed by atoms with E-state index in [9.17, 15) is 22.9 Å². The van der Waals surface area contributed by atoms with E-state index in [2.05, 4.69) is 0 Å². The summed E-state index contributed by atoms with van der Waals surface area (Å²) in [6.45, 7) is 1.28. The number of ether oxygens (including phenoxy) is 1. The number of rotatable bonds is 7. The maximum atomic E-state index is 13.5. The minimum Gasteiger partial charge on any atom is -0.489 e. The van der Waals surface area contributed by atoms with E-state index in [1.165, 1.54) is 50.4 Å². The van der Waals surface area contributed by atoms with Gasteiger partial charge in [-0.2, -0.15) is 4.31 Å². The highest BCUT2D eigenvalue weighted by atomic mass is 32.2. The second kappa shape index (κ2) is 7.58. The Bertz CT molecular complexity index is 886. The van der Waals surface area contributed by atoms with Gasteiger partial charge in [-0.3, -0.25) is 10.1 Å². The number of halogens is 1. The molecule has 0 unspecified atom stereocenters. The lowest BCUT2D eigenvalue weighted by atomic mass is 10.2. The van der Waals surface area contributed by atoms with Gasteiger partial charge in [0.1, 0.15) is 6.61 Å². The van der Waals surface area contributed by atoms with Crippen molar-refractivity contribution in [3.8, 4) is 5.75 Å². The lowest BCUT2D eigenvalue weighted by molar-refractivity contribution is -0.385. The summed E-state index contributed by atoms with van der Waals surface area (Å²) in [7, 11) is -2.60. The molecule has 2 rings (SSSR count). The zero-order chi connectivity index (χ0) is 18.6. The van der Waals surface area contributed by atoms with Crippen molar-refractivity contribution >= 4 is 15.7 Å². The minimum absolute atomic E-state index is 0.0276. The fraction of sp³-hybridized carbons (Fsp3) is 0.250. The second-order valence-corrected chi connectivity index (χ2v) is 7.28. The Labute approximate surface area is 144 Å². The molecule has 0 aliphatic carbocycles. The van der Waals surface area contributed by atoms with Crippen LogP contribution in [0.1, 0.15) is 5.56 Å². The van der Waals surface area contributed by atoms with Crippen LogP contribution in [0.2, 0.25) is 0 Å². The Morgan fingerprint density at radius 1 is 1.20 bits per heavy atom. The number of nitro groups is 1. The van der Waals surface area contributed by atoms with Crippen LogP contribution in [-0.4, -0.2) is 37.8 Å². The molecule has 2 aromatic carbocycles. The summed E-state index contributed by atoms with van der Waals surface area (Å²) in [5.74, 6) is -0.512. The second-order valence-electron chi connectivity index (χ2n) is 5.26. The van der Waals surface area contributed by atoms with Crippen LogP contribution < -0.4 is 4.74 Å². The van der Waals surface area contributed by atoms with Crippen LogP contribution in [0.15, 0.2) is 47.4 Å². The first-order valence-corrected chi connectivity index (χ1v) is 8.77. The SMILES string of the molecule is Cc1c([N+](=O)[O-])cccc1S(=O)(=O)N(C)CCOc1ccccc1F. The number of hydrogen-bond donors (Lipinski definition) is 0. The summed E-state index contributed by atoms with van der Waals surface area (Å²) in [5, 5.41) is 11.0. The van der Waals surface area contributed by atoms with Gasteiger partial charge in [0.05, 0.1) is 9.82 Å². The van der Waals surface area contributed by atoms with E-state index in [0.717, 1.165) is 4.31 Å². The van der Waals surface area contributed by atoms with Gasteiger partial charge in [0.2, 0.25) is 10.0 Å². The normalized spacial score (nSPS) is 11.5. The fourth-order valence-electron chi connectivity index (χ4n) is 2.21. The van der Waals surface area contributed by atoms with Crippen molar-refractivity contribution in [2.24, 2.45) is 0 Å². The average Bonchev–Trinajstić information content (AvgIpc) is 2.56. The van der Waals surface area contributed by atoms with Gasteiger partial charge in [0.25, 0.3) is 5.69 Å². The molecule has 25 heavy (non-hydrogen) atoms. The van der Waals surface area contributed by atoms with E-state index in [0.29, 0.717) is 0 Å². The maximum Gasteiger partial charge on any atom is 0.273 e. The predicted octanol–water partition coefficient (Wildman–Crippen LogP) is 2.74. The monoisotopic (exact) mass is 368 g/mol. The molecule has 0 N–H and O–H groups in total. The molecule has 0 aliphatic heterocycles. The number of hydrogen-bond acceptors (Lipinski definition) is 5. The van der Waals surface area contributed by atoms with E-state index < -0.39 is 20.8 Å². The van der Waals surface area contributed by atoms with Crippen LogP contribution in [0.3, 0.4) is 0 Å². The molecule has 0 radical (unpaired) electrons. The zero-order valence-electron chi connectivity index (χ0n) is 13.7. The zero-order valence-corrected chi connectivity index (χ0v) is 14.5. The quantitative estimate of drug-likeness (QED) is 0.554. The van der Waals surface area contributed by atoms with E-state index in [1.807, 2.05) is 0 Å². The topological polar surface area (TPSA) is 89.8 Å². The van der Waals surface area contributed by atoms with Crippen LogP contribution >= 0.6 is 0 Å². The lowest BCUT2D eigenvalue weighted by Crippen LogP contribution is -2.31. The smallest absolute Gasteiger partial charge is 0.273 e. The Morgan fingerprint density at radius 2 is 1.88 bits per heavy atom. The maximum absolute atomic E-state index is 13.5. The highest BCUT2D eigenvalue weighted by molar-refractivity contribution is 7.89. The van der Waals surface area contributed by atoms with E-state index in [4.69, 9.17) is 4.74 Å². The molecule has 2 aromatic rings. The molecule has 134 valence electrons. The molecule has 0 spiro atoms. The van der Waals surface area contributed by atoms with Crippen LogP contribution in [0, 0.1) is 22.9 Å². The molecular formula is C16H17FN2O5S.